The number of carboxylic acid groups (broad SMARTS) is 2. The third-order valence-corrected chi connectivity index (χ3v) is 5.75. The van der Waals surface area contributed by atoms with E-state index < -0.39 is 11.9 Å². The van der Waals surface area contributed by atoms with Crippen LogP contribution in [0.5, 0.6) is 0 Å². The smallest absolute Gasteiger partial charge is 0.336 e. The summed E-state index contributed by atoms with van der Waals surface area (Å²) in [6.45, 7) is 12.7. The molecule has 2 N–H and O–H groups in total. The minimum absolute atomic E-state index is 0.0529. The van der Waals surface area contributed by atoms with Gasteiger partial charge in [0.25, 0.3) is 0 Å². The van der Waals surface area contributed by atoms with Gasteiger partial charge < -0.3 is 10.2 Å². The fourth-order valence-electron chi connectivity index (χ4n) is 3.83. The normalized spacial score (nSPS) is 11.9. The minimum atomic E-state index is -1.09. The first kappa shape index (κ1) is 23.3. The Labute approximate surface area is 189 Å². The fourth-order valence-corrected chi connectivity index (χ4v) is 3.83. The van der Waals surface area contributed by atoms with Gasteiger partial charge in [-0.3, -0.25) is 0 Å². The van der Waals surface area contributed by atoms with Crippen molar-refractivity contribution in [2.24, 2.45) is 0 Å². The molecule has 4 heteroatoms. The highest BCUT2D eigenvalue weighted by Gasteiger charge is 2.24. The van der Waals surface area contributed by atoms with Crippen LogP contribution in [-0.4, -0.2) is 22.2 Å². The van der Waals surface area contributed by atoms with E-state index in [1.165, 1.54) is 12.1 Å². The van der Waals surface area contributed by atoms with Gasteiger partial charge in [-0.2, -0.15) is 0 Å². The molecule has 0 bridgehead atoms. The van der Waals surface area contributed by atoms with Crippen LogP contribution in [0.2, 0.25) is 0 Å². The molecule has 0 fully saturated rings. The first-order valence-electron chi connectivity index (χ1n) is 10.7. The SMILES string of the molecule is CC(C)(C)c1ccc(-c2c(C(=O)O)ccc(C(=O)O)c2-c2ccc(C(C)(C)C)cc2)cc1. The molecule has 3 rings (SSSR count). The lowest BCUT2D eigenvalue weighted by Gasteiger charge is -2.22. The second kappa shape index (κ2) is 8.27. The second-order valence-electron chi connectivity index (χ2n) is 10.2. The summed E-state index contributed by atoms with van der Waals surface area (Å²) < 4.78 is 0. The first-order chi connectivity index (χ1) is 14.8. The van der Waals surface area contributed by atoms with Crippen LogP contribution in [0, 0.1) is 0 Å². The molecule has 32 heavy (non-hydrogen) atoms. The van der Waals surface area contributed by atoms with E-state index in [0.717, 1.165) is 11.1 Å². The van der Waals surface area contributed by atoms with Crippen molar-refractivity contribution in [2.75, 3.05) is 0 Å². The molecule has 0 aliphatic heterocycles. The van der Waals surface area contributed by atoms with Gasteiger partial charge in [-0.15, -0.1) is 0 Å². The van der Waals surface area contributed by atoms with Crippen LogP contribution in [0.4, 0.5) is 0 Å². The predicted molar refractivity (Wildman–Crippen MR) is 129 cm³/mol. The Kier molecular flexibility index (Phi) is 6.01. The number of hydrogen-bond acceptors (Lipinski definition) is 2. The molecule has 4 nitrogen and oxygen atoms in total. The van der Waals surface area contributed by atoms with Gasteiger partial charge in [-0.1, -0.05) is 90.1 Å². The summed E-state index contributed by atoms with van der Waals surface area (Å²) in [7, 11) is 0. The van der Waals surface area contributed by atoms with Crippen molar-refractivity contribution in [3.63, 3.8) is 0 Å². The molecule has 0 amide bonds. The van der Waals surface area contributed by atoms with E-state index in [2.05, 4.69) is 41.5 Å². The predicted octanol–water partition coefficient (Wildman–Crippen LogP) is 7.01. The zero-order valence-electron chi connectivity index (χ0n) is 19.5. The van der Waals surface area contributed by atoms with Gasteiger partial charge in [-0.05, 0) is 45.2 Å². The standard InChI is InChI=1S/C28H30O4/c1-27(2,3)19-11-7-17(8-12-19)23-21(25(29)30)15-16-22(26(31)32)24(23)18-9-13-20(14-10-18)28(4,5)6/h7-16H,1-6H3,(H,29,30)(H,31,32). The maximum Gasteiger partial charge on any atom is 0.336 e. The van der Waals surface area contributed by atoms with Crippen LogP contribution in [0.3, 0.4) is 0 Å². The van der Waals surface area contributed by atoms with Crippen molar-refractivity contribution in [3.05, 3.63) is 82.9 Å². The average molecular weight is 431 g/mol. The Morgan fingerprint density at radius 3 is 1.03 bits per heavy atom. The number of carboxylic acids is 2. The quantitative estimate of drug-likeness (QED) is 0.467. The molecule has 0 aliphatic rings. The van der Waals surface area contributed by atoms with E-state index >= 15 is 0 Å². The fraction of sp³-hybridized carbons (Fsp3) is 0.286. The molecule has 3 aromatic rings. The van der Waals surface area contributed by atoms with Crippen LogP contribution >= 0.6 is 0 Å². The topological polar surface area (TPSA) is 74.6 Å². The van der Waals surface area contributed by atoms with Gasteiger partial charge in [0.2, 0.25) is 0 Å². The Hall–Kier alpha value is -3.40. The largest absolute Gasteiger partial charge is 0.478 e. The molecule has 0 aliphatic carbocycles. The van der Waals surface area contributed by atoms with E-state index in [4.69, 9.17) is 0 Å². The highest BCUT2D eigenvalue weighted by molar-refractivity contribution is 6.08. The average Bonchev–Trinajstić information content (AvgIpc) is 2.71. The highest BCUT2D eigenvalue weighted by atomic mass is 16.4. The lowest BCUT2D eigenvalue weighted by Crippen LogP contribution is -2.11. The van der Waals surface area contributed by atoms with E-state index in [1.807, 2.05) is 48.5 Å². The Bertz CT molecular complexity index is 1060. The van der Waals surface area contributed by atoms with Gasteiger partial charge in [0, 0.05) is 11.1 Å². The van der Waals surface area contributed by atoms with Gasteiger partial charge in [0.15, 0.2) is 0 Å². The molecule has 0 saturated heterocycles. The minimum Gasteiger partial charge on any atom is -0.478 e. The number of carbonyl (C=O) groups is 2. The zero-order valence-corrected chi connectivity index (χ0v) is 19.5. The highest BCUT2D eigenvalue weighted by Crippen LogP contribution is 2.39. The Morgan fingerprint density at radius 2 is 0.812 bits per heavy atom. The molecular weight excluding hydrogens is 400 g/mol. The van der Waals surface area contributed by atoms with Crippen LogP contribution in [0.25, 0.3) is 22.3 Å². The van der Waals surface area contributed by atoms with Gasteiger partial charge in [0.1, 0.15) is 0 Å². The summed E-state index contributed by atoms with van der Waals surface area (Å²) in [6, 6.07) is 18.2. The molecule has 0 unspecified atom stereocenters. The maximum atomic E-state index is 12.1. The molecule has 0 aromatic heterocycles. The third-order valence-electron chi connectivity index (χ3n) is 5.75. The first-order valence-corrected chi connectivity index (χ1v) is 10.7. The molecule has 0 spiro atoms. The van der Waals surface area contributed by atoms with Crippen LogP contribution in [0.1, 0.15) is 73.4 Å². The molecular formula is C28H30O4. The van der Waals surface area contributed by atoms with Crippen LogP contribution in [0.15, 0.2) is 60.7 Å². The lowest BCUT2D eigenvalue weighted by molar-refractivity contribution is 0.0682. The zero-order chi connectivity index (χ0) is 23.8. The number of benzene rings is 3. The molecule has 0 heterocycles. The maximum absolute atomic E-state index is 12.1. The number of hydrogen-bond donors (Lipinski definition) is 2. The second-order valence-corrected chi connectivity index (χ2v) is 10.2. The summed E-state index contributed by atoms with van der Waals surface area (Å²) in [4.78, 5) is 24.2. The van der Waals surface area contributed by atoms with E-state index in [1.54, 1.807) is 0 Å². The van der Waals surface area contributed by atoms with Gasteiger partial charge >= 0.3 is 11.9 Å². The van der Waals surface area contributed by atoms with Gasteiger partial charge in [0.05, 0.1) is 11.1 Å². The molecule has 0 radical (unpaired) electrons. The van der Waals surface area contributed by atoms with E-state index in [9.17, 15) is 19.8 Å². The van der Waals surface area contributed by atoms with Crippen molar-refractivity contribution in [1.29, 1.82) is 0 Å². The van der Waals surface area contributed by atoms with Crippen LogP contribution < -0.4 is 0 Å². The molecule has 0 saturated carbocycles. The summed E-state index contributed by atoms with van der Waals surface area (Å²) in [6.07, 6.45) is 0. The van der Waals surface area contributed by atoms with Crippen molar-refractivity contribution in [3.8, 4) is 22.3 Å². The van der Waals surface area contributed by atoms with E-state index in [0.29, 0.717) is 22.3 Å². The monoisotopic (exact) mass is 430 g/mol. The lowest BCUT2D eigenvalue weighted by atomic mass is 9.82. The molecule has 166 valence electrons. The van der Waals surface area contributed by atoms with Crippen molar-refractivity contribution < 1.29 is 19.8 Å². The summed E-state index contributed by atoms with van der Waals surface area (Å²) >= 11 is 0. The Balaban J connectivity index is 2.33. The van der Waals surface area contributed by atoms with Crippen molar-refractivity contribution in [2.45, 2.75) is 52.4 Å². The summed E-state index contributed by atoms with van der Waals surface area (Å²) in [5.41, 5.74) is 4.46. The van der Waals surface area contributed by atoms with Crippen molar-refractivity contribution >= 4 is 11.9 Å². The van der Waals surface area contributed by atoms with Crippen molar-refractivity contribution in [1.82, 2.24) is 0 Å². The third kappa shape index (κ3) is 4.59. The number of rotatable bonds is 4. The van der Waals surface area contributed by atoms with Gasteiger partial charge in [-0.25, -0.2) is 9.59 Å². The molecule has 0 atom stereocenters. The van der Waals surface area contributed by atoms with E-state index in [-0.39, 0.29) is 22.0 Å². The Morgan fingerprint density at radius 1 is 0.531 bits per heavy atom. The summed E-state index contributed by atoms with van der Waals surface area (Å²) in [5.74, 6) is -2.19. The summed E-state index contributed by atoms with van der Waals surface area (Å²) in [5, 5.41) is 19.8. The molecule has 3 aromatic carbocycles. The van der Waals surface area contributed by atoms with Crippen LogP contribution in [-0.2, 0) is 10.8 Å². The number of aromatic carboxylic acids is 2.